The van der Waals surface area contributed by atoms with Crippen LogP contribution in [-0.4, -0.2) is 34.4 Å². The van der Waals surface area contributed by atoms with Crippen LogP contribution < -0.4 is 14.8 Å². The fourth-order valence-electron chi connectivity index (χ4n) is 2.39. The summed E-state index contributed by atoms with van der Waals surface area (Å²) in [5, 5.41) is 6.85. The topological polar surface area (TPSA) is 78.3 Å². The van der Waals surface area contributed by atoms with Gasteiger partial charge in [0.1, 0.15) is 12.9 Å². The van der Waals surface area contributed by atoms with Gasteiger partial charge in [-0.3, -0.25) is 10.1 Å². The van der Waals surface area contributed by atoms with Crippen molar-refractivity contribution in [2.24, 2.45) is 0 Å². The molecule has 22 heavy (non-hydrogen) atoms. The molecule has 0 spiro atoms. The minimum atomic E-state index is -0.234. The number of aromatic nitrogens is 3. The number of carbonyl (C=O) groups is 1. The predicted octanol–water partition coefficient (Wildman–Crippen LogP) is 1.23. The van der Waals surface area contributed by atoms with Crippen LogP contribution in [0.1, 0.15) is 18.0 Å². The highest BCUT2D eigenvalue weighted by molar-refractivity contribution is 5.91. The summed E-state index contributed by atoms with van der Waals surface area (Å²) in [5.74, 6) is 3.86. The highest BCUT2D eigenvalue weighted by atomic mass is 16.5. The first kappa shape index (κ1) is 13.9. The van der Waals surface area contributed by atoms with E-state index in [2.05, 4.69) is 21.3 Å². The van der Waals surface area contributed by atoms with Gasteiger partial charge in [0.05, 0.1) is 19.6 Å². The Kier molecular flexibility index (Phi) is 3.66. The van der Waals surface area contributed by atoms with Crippen molar-refractivity contribution in [2.45, 2.75) is 12.5 Å². The number of hydrogen-bond donors (Lipinski definition) is 1. The van der Waals surface area contributed by atoms with Gasteiger partial charge in [-0.2, -0.15) is 10.1 Å². The van der Waals surface area contributed by atoms with Crippen LogP contribution in [0.5, 0.6) is 11.5 Å². The second-order valence-corrected chi connectivity index (χ2v) is 4.70. The first-order valence-electron chi connectivity index (χ1n) is 6.66. The Bertz CT molecular complexity index is 747. The summed E-state index contributed by atoms with van der Waals surface area (Å²) in [7, 11) is 1.55. The van der Waals surface area contributed by atoms with Crippen LogP contribution >= 0.6 is 0 Å². The summed E-state index contributed by atoms with van der Waals surface area (Å²) in [6.07, 6.45) is 6.89. The maximum atomic E-state index is 11.8. The molecule has 0 saturated carbocycles. The summed E-state index contributed by atoms with van der Waals surface area (Å²) >= 11 is 0. The molecule has 0 aliphatic carbocycles. The minimum Gasteiger partial charge on any atom is -0.493 e. The highest BCUT2D eigenvalue weighted by Gasteiger charge is 2.28. The first-order chi connectivity index (χ1) is 10.7. The quantitative estimate of drug-likeness (QED) is 0.859. The molecule has 1 aliphatic rings. The van der Waals surface area contributed by atoms with Crippen LogP contribution in [0.15, 0.2) is 24.5 Å². The SMILES string of the molecule is C#CCOc1ccc([C@H]2CC(=O)Nc3ncnn32)cc1OC. The third kappa shape index (κ3) is 2.46. The number of fused-ring (bicyclic) bond motifs is 1. The van der Waals surface area contributed by atoms with E-state index in [0.29, 0.717) is 17.4 Å². The van der Waals surface area contributed by atoms with Crippen molar-refractivity contribution >= 4 is 11.9 Å². The molecule has 1 atom stereocenters. The number of methoxy groups -OCH3 is 1. The van der Waals surface area contributed by atoms with Crippen molar-refractivity contribution in [3.63, 3.8) is 0 Å². The predicted molar refractivity (Wildman–Crippen MR) is 78.7 cm³/mol. The molecule has 0 bridgehead atoms. The molecule has 0 radical (unpaired) electrons. The maximum Gasteiger partial charge on any atom is 0.229 e. The summed E-state index contributed by atoms with van der Waals surface area (Å²) in [6, 6.07) is 5.22. The van der Waals surface area contributed by atoms with E-state index < -0.39 is 0 Å². The number of ether oxygens (including phenoxy) is 2. The number of nitrogens with zero attached hydrogens (tertiary/aromatic N) is 3. The van der Waals surface area contributed by atoms with E-state index in [1.807, 2.05) is 12.1 Å². The fourth-order valence-corrected chi connectivity index (χ4v) is 2.39. The second-order valence-electron chi connectivity index (χ2n) is 4.70. The van der Waals surface area contributed by atoms with Gasteiger partial charge in [0, 0.05) is 0 Å². The van der Waals surface area contributed by atoms with Crippen LogP contribution in [-0.2, 0) is 4.79 Å². The van der Waals surface area contributed by atoms with Crippen molar-refractivity contribution < 1.29 is 14.3 Å². The average molecular weight is 298 g/mol. The Labute approximate surface area is 127 Å². The van der Waals surface area contributed by atoms with Gasteiger partial charge in [-0.25, -0.2) is 4.68 Å². The standard InChI is InChI=1S/C15H14N4O3/c1-3-6-22-12-5-4-10(7-13(12)21-2)11-8-14(20)18-15-16-9-17-19(11)15/h1,4-5,7,9,11H,6,8H2,2H3,(H,16,17,18,20)/t11-/m1/s1. The zero-order valence-electron chi connectivity index (χ0n) is 11.9. The lowest BCUT2D eigenvalue weighted by Gasteiger charge is -2.24. The van der Waals surface area contributed by atoms with Gasteiger partial charge in [0.25, 0.3) is 0 Å². The molecule has 1 N–H and O–H groups in total. The highest BCUT2D eigenvalue weighted by Crippen LogP contribution is 2.34. The van der Waals surface area contributed by atoms with E-state index in [4.69, 9.17) is 15.9 Å². The normalized spacial score (nSPS) is 16.4. The lowest BCUT2D eigenvalue weighted by Crippen LogP contribution is -2.29. The molecule has 0 unspecified atom stereocenters. The van der Waals surface area contributed by atoms with Gasteiger partial charge in [0.15, 0.2) is 11.5 Å². The molecule has 1 amide bonds. The molecule has 1 aliphatic heterocycles. The molecule has 1 aromatic heterocycles. The molecule has 3 rings (SSSR count). The molecule has 0 fully saturated rings. The summed E-state index contributed by atoms with van der Waals surface area (Å²) in [5.41, 5.74) is 0.881. The first-order valence-corrected chi connectivity index (χ1v) is 6.66. The Morgan fingerprint density at radius 2 is 2.36 bits per heavy atom. The number of hydrogen-bond acceptors (Lipinski definition) is 5. The molecule has 2 heterocycles. The molecule has 7 heteroatoms. The molecule has 7 nitrogen and oxygen atoms in total. The van der Waals surface area contributed by atoms with Crippen LogP contribution in [0.25, 0.3) is 0 Å². The Morgan fingerprint density at radius 3 is 3.14 bits per heavy atom. The van der Waals surface area contributed by atoms with E-state index >= 15 is 0 Å². The van der Waals surface area contributed by atoms with Gasteiger partial charge in [-0.15, -0.1) is 6.42 Å². The summed E-state index contributed by atoms with van der Waals surface area (Å²) in [4.78, 5) is 15.8. The van der Waals surface area contributed by atoms with Gasteiger partial charge >= 0.3 is 0 Å². The molecule has 112 valence electrons. The largest absolute Gasteiger partial charge is 0.493 e. The van der Waals surface area contributed by atoms with E-state index in [1.165, 1.54) is 6.33 Å². The van der Waals surface area contributed by atoms with Gasteiger partial charge in [-0.1, -0.05) is 12.0 Å². The lowest BCUT2D eigenvalue weighted by atomic mass is 10.0. The molecular formula is C15H14N4O3. The van der Waals surface area contributed by atoms with Gasteiger partial charge < -0.3 is 9.47 Å². The number of amides is 1. The van der Waals surface area contributed by atoms with Gasteiger partial charge in [-0.05, 0) is 17.7 Å². The molecule has 1 aromatic carbocycles. The minimum absolute atomic E-state index is 0.0999. The number of nitrogens with one attached hydrogen (secondary N) is 1. The smallest absolute Gasteiger partial charge is 0.229 e. The molecular weight excluding hydrogens is 284 g/mol. The number of rotatable bonds is 4. The Balaban J connectivity index is 1.96. The third-order valence-corrected chi connectivity index (χ3v) is 3.38. The van der Waals surface area contributed by atoms with Crippen molar-refractivity contribution in [1.82, 2.24) is 14.8 Å². The average Bonchev–Trinajstić information content (AvgIpc) is 3.00. The number of benzene rings is 1. The third-order valence-electron chi connectivity index (χ3n) is 3.38. The van der Waals surface area contributed by atoms with Crippen molar-refractivity contribution in [1.29, 1.82) is 0 Å². The van der Waals surface area contributed by atoms with E-state index in [1.54, 1.807) is 17.9 Å². The second kappa shape index (κ2) is 5.77. The van der Waals surface area contributed by atoms with Crippen molar-refractivity contribution in [2.75, 3.05) is 19.0 Å². The Morgan fingerprint density at radius 1 is 1.50 bits per heavy atom. The number of terminal acetylenes is 1. The van der Waals surface area contributed by atoms with Crippen molar-refractivity contribution in [3.05, 3.63) is 30.1 Å². The van der Waals surface area contributed by atoms with Crippen LogP contribution in [0, 0.1) is 12.3 Å². The van der Waals surface area contributed by atoms with E-state index in [0.717, 1.165) is 5.56 Å². The number of anilines is 1. The van der Waals surface area contributed by atoms with E-state index in [9.17, 15) is 4.79 Å². The van der Waals surface area contributed by atoms with Gasteiger partial charge in [0.2, 0.25) is 11.9 Å². The van der Waals surface area contributed by atoms with Crippen LogP contribution in [0.2, 0.25) is 0 Å². The monoisotopic (exact) mass is 298 g/mol. The van der Waals surface area contributed by atoms with E-state index in [-0.39, 0.29) is 25.0 Å². The zero-order valence-corrected chi connectivity index (χ0v) is 11.9. The van der Waals surface area contributed by atoms with Crippen LogP contribution in [0.4, 0.5) is 5.95 Å². The summed E-state index contributed by atoms with van der Waals surface area (Å²) in [6.45, 7) is 0.161. The zero-order chi connectivity index (χ0) is 15.5. The Hall–Kier alpha value is -3.01. The molecule has 2 aromatic rings. The van der Waals surface area contributed by atoms with Crippen LogP contribution in [0.3, 0.4) is 0 Å². The van der Waals surface area contributed by atoms with Crippen molar-refractivity contribution in [3.8, 4) is 23.8 Å². The fraction of sp³-hybridized carbons (Fsp3) is 0.267. The number of carbonyl (C=O) groups excluding carboxylic acids is 1. The molecule has 0 saturated heterocycles. The maximum absolute atomic E-state index is 11.8. The summed E-state index contributed by atoms with van der Waals surface area (Å²) < 4.78 is 12.4. The lowest BCUT2D eigenvalue weighted by molar-refractivity contribution is -0.117.